The zero-order valence-electron chi connectivity index (χ0n) is 10.7. The van der Waals surface area contributed by atoms with Gasteiger partial charge < -0.3 is 4.74 Å². The molecule has 0 aromatic heterocycles. The van der Waals surface area contributed by atoms with Crippen molar-refractivity contribution in [1.29, 1.82) is 0 Å². The molecule has 0 amide bonds. The predicted octanol–water partition coefficient (Wildman–Crippen LogP) is 3.44. The summed E-state index contributed by atoms with van der Waals surface area (Å²) < 4.78 is 18.8. The van der Waals surface area contributed by atoms with Crippen molar-refractivity contribution in [3.63, 3.8) is 0 Å². The molecule has 1 fully saturated rings. The number of nitrogens with zero attached hydrogens (tertiary/aromatic N) is 1. The van der Waals surface area contributed by atoms with Crippen LogP contribution in [0, 0.1) is 11.7 Å². The highest BCUT2D eigenvalue weighted by Gasteiger charge is 2.22. The summed E-state index contributed by atoms with van der Waals surface area (Å²) in [7, 11) is 1.56. The molecule has 1 heterocycles. The van der Waals surface area contributed by atoms with Crippen LogP contribution >= 0.6 is 15.9 Å². The minimum Gasteiger partial charge on any atom is -0.497 e. The fourth-order valence-electron chi connectivity index (χ4n) is 2.47. The Balaban J connectivity index is 1.94. The van der Waals surface area contributed by atoms with Crippen LogP contribution in [-0.2, 0) is 6.54 Å². The molecule has 1 aliphatic rings. The zero-order valence-corrected chi connectivity index (χ0v) is 12.2. The minimum absolute atomic E-state index is 0.168. The Morgan fingerprint density at radius 1 is 1.50 bits per heavy atom. The van der Waals surface area contributed by atoms with Crippen LogP contribution in [-0.4, -0.2) is 30.4 Å². The summed E-state index contributed by atoms with van der Waals surface area (Å²) in [6, 6.07) is 5.11. The molecule has 1 aromatic rings. The topological polar surface area (TPSA) is 12.5 Å². The Kier molecular flexibility index (Phi) is 5.01. The lowest BCUT2D eigenvalue weighted by Gasteiger charge is -2.16. The third kappa shape index (κ3) is 3.45. The molecule has 4 heteroatoms. The van der Waals surface area contributed by atoms with Crippen molar-refractivity contribution in [2.24, 2.45) is 5.92 Å². The average molecular weight is 316 g/mol. The second-order valence-corrected chi connectivity index (χ2v) is 5.62. The van der Waals surface area contributed by atoms with Gasteiger partial charge in [-0.3, -0.25) is 4.90 Å². The van der Waals surface area contributed by atoms with Crippen molar-refractivity contribution in [3.05, 3.63) is 29.6 Å². The van der Waals surface area contributed by atoms with Crippen LogP contribution in [0.1, 0.15) is 18.4 Å². The van der Waals surface area contributed by atoms with Crippen LogP contribution in [0.5, 0.6) is 5.75 Å². The number of hydrogen-bond acceptors (Lipinski definition) is 2. The van der Waals surface area contributed by atoms with Crippen LogP contribution in [0.4, 0.5) is 4.39 Å². The van der Waals surface area contributed by atoms with E-state index in [-0.39, 0.29) is 5.82 Å². The molecule has 0 radical (unpaired) electrons. The van der Waals surface area contributed by atoms with Crippen molar-refractivity contribution >= 4 is 15.9 Å². The first kappa shape index (κ1) is 13.8. The van der Waals surface area contributed by atoms with Gasteiger partial charge in [0.2, 0.25) is 0 Å². The second kappa shape index (κ2) is 6.53. The first-order valence-electron chi connectivity index (χ1n) is 6.33. The first-order valence-corrected chi connectivity index (χ1v) is 7.46. The normalized spacial score (nSPS) is 20.3. The van der Waals surface area contributed by atoms with Gasteiger partial charge in [-0.2, -0.15) is 0 Å². The van der Waals surface area contributed by atoms with Gasteiger partial charge in [-0.15, -0.1) is 0 Å². The molecule has 100 valence electrons. The van der Waals surface area contributed by atoms with E-state index in [0.29, 0.717) is 12.3 Å². The molecule has 1 atom stereocenters. The lowest BCUT2D eigenvalue weighted by atomic mass is 10.1. The molecule has 0 saturated carbocycles. The first-order chi connectivity index (χ1) is 8.72. The molecule has 0 aliphatic carbocycles. The summed E-state index contributed by atoms with van der Waals surface area (Å²) in [5.74, 6) is 1.17. The van der Waals surface area contributed by atoms with Crippen molar-refractivity contribution in [2.75, 3.05) is 25.5 Å². The zero-order chi connectivity index (χ0) is 13.0. The monoisotopic (exact) mass is 315 g/mol. The van der Waals surface area contributed by atoms with Gasteiger partial charge in [0.25, 0.3) is 0 Å². The molecular weight excluding hydrogens is 297 g/mol. The molecule has 1 unspecified atom stereocenters. The molecule has 1 saturated heterocycles. The number of methoxy groups -OCH3 is 1. The molecule has 1 aliphatic heterocycles. The van der Waals surface area contributed by atoms with Crippen LogP contribution < -0.4 is 4.74 Å². The van der Waals surface area contributed by atoms with E-state index < -0.39 is 0 Å². The summed E-state index contributed by atoms with van der Waals surface area (Å²) in [6.07, 6.45) is 2.44. The van der Waals surface area contributed by atoms with Crippen molar-refractivity contribution in [1.82, 2.24) is 4.90 Å². The van der Waals surface area contributed by atoms with E-state index in [1.54, 1.807) is 7.11 Å². The van der Waals surface area contributed by atoms with Gasteiger partial charge in [0, 0.05) is 30.0 Å². The number of ether oxygens (including phenoxy) is 1. The smallest absolute Gasteiger partial charge is 0.131 e. The molecule has 0 bridgehead atoms. The van der Waals surface area contributed by atoms with E-state index in [0.717, 1.165) is 29.9 Å². The third-order valence-corrected chi connectivity index (χ3v) is 4.00. The van der Waals surface area contributed by atoms with Crippen LogP contribution in [0.2, 0.25) is 0 Å². The summed E-state index contributed by atoms with van der Waals surface area (Å²) in [5.41, 5.74) is 0.760. The molecule has 2 rings (SSSR count). The SMILES string of the molecule is COc1ccc(CN2CCC(CCBr)C2)c(F)c1. The number of rotatable bonds is 5. The number of likely N-dealkylation sites (tertiary alicyclic amines) is 1. The molecule has 18 heavy (non-hydrogen) atoms. The number of benzene rings is 1. The molecule has 0 spiro atoms. The number of hydrogen-bond donors (Lipinski definition) is 0. The maximum Gasteiger partial charge on any atom is 0.131 e. The van der Waals surface area contributed by atoms with Gasteiger partial charge in [0.15, 0.2) is 0 Å². The van der Waals surface area contributed by atoms with Crippen LogP contribution in [0.25, 0.3) is 0 Å². The Morgan fingerprint density at radius 2 is 2.33 bits per heavy atom. The minimum atomic E-state index is -0.168. The molecular formula is C14H19BrFNO. The highest BCUT2D eigenvalue weighted by Crippen LogP contribution is 2.24. The molecule has 2 nitrogen and oxygen atoms in total. The Morgan fingerprint density at radius 3 is 3.00 bits per heavy atom. The third-order valence-electron chi connectivity index (χ3n) is 3.54. The van der Waals surface area contributed by atoms with Gasteiger partial charge in [-0.05, 0) is 31.4 Å². The standard InChI is InChI=1S/C14H19BrFNO/c1-18-13-3-2-12(14(16)8-13)10-17-7-5-11(9-17)4-6-15/h2-3,8,11H,4-7,9-10H2,1H3. The summed E-state index contributed by atoms with van der Waals surface area (Å²) in [6.45, 7) is 2.86. The largest absolute Gasteiger partial charge is 0.497 e. The Hall–Kier alpha value is -0.610. The van der Waals surface area contributed by atoms with Gasteiger partial charge in [0.05, 0.1) is 7.11 Å². The van der Waals surface area contributed by atoms with Gasteiger partial charge in [-0.25, -0.2) is 4.39 Å². The fraction of sp³-hybridized carbons (Fsp3) is 0.571. The summed E-state index contributed by atoms with van der Waals surface area (Å²) in [4.78, 5) is 2.33. The van der Waals surface area contributed by atoms with Crippen molar-refractivity contribution in [2.45, 2.75) is 19.4 Å². The highest BCUT2D eigenvalue weighted by atomic mass is 79.9. The summed E-state index contributed by atoms with van der Waals surface area (Å²) >= 11 is 3.48. The van der Waals surface area contributed by atoms with Gasteiger partial charge in [0.1, 0.15) is 11.6 Å². The van der Waals surface area contributed by atoms with Gasteiger partial charge in [-0.1, -0.05) is 22.0 Å². The fourth-order valence-corrected chi connectivity index (χ4v) is 3.12. The molecule has 0 N–H and O–H groups in total. The number of halogens is 2. The van der Waals surface area contributed by atoms with E-state index in [4.69, 9.17) is 4.74 Å². The van der Waals surface area contributed by atoms with Crippen molar-refractivity contribution < 1.29 is 9.13 Å². The lowest BCUT2D eigenvalue weighted by molar-refractivity contribution is 0.310. The van der Waals surface area contributed by atoms with Crippen LogP contribution in [0.3, 0.4) is 0 Å². The second-order valence-electron chi connectivity index (χ2n) is 4.82. The molecule has 1 aromatic carbocycles. The lowest BCUT2D eigenvalue weighted by Crippen LogP contribution is -2.20. The van der Waals surface area contributed by atoms with Crippen molar-refractivity contribution in [3.8, 4) is 5.75 Å². The van der Waals surface area contributed by atoms with Crippen LogP contribution in [0.15, 0.2) is 18.2 Å². The van der Waals surface area contributed by atoms with E-state index in [9.17, 15) is 4.39 Å². The summed E-state index contributed by atoms with van der Waals surface area (Å²) in [5, 5.41) is 1.06. The van der Waals surface area contributed by atoms with E-state index >= 15 is 0 Å². The van der Waals surface area contributed by atoms with E-state index in [1.165, 1.54) is 18.9 Å². The van der Waals surface area contributed by atoms with Gasteiger partial charge >= 0.3 is 0 Å². The maximum atomic E-state index is 13.8. The maximum absolute atomic E-state index is 13.8. The Labute approximate surface area is 116 Å². The number of alkyl halides is 1. The van der Waals surface area contributed by atoms with E-state index in [2.05, 4.69) is 20.8 Å². The average Bonchev–Trinajstić information content (AvgIpc) is 2.80. The predicted molar refractivity (Wildman–Crippen MR) is 74.7 cm³/mol. The Bertz CT molecular complexity index is 399. The highest BCUT2D eigenvalue weighted by molar-refractivity contribution is 9.09. The quantitative estimate of drug-likeness (QED) is 0.772. The van der Waals surface area contributed by atoms with E-state index in [1.807, 2.05) is 12.1 Å².